The number of ether oxygens (including phenoxy) is 2. The first-order chi connectivity index (χ1) is 16.0. The van der Waals surface area contributed by atoms with E-state index in [0.717, 1.165) is 81.7 Å². The summed E-state index contributed by atoms with van der Waals surface area (Å²) in [5.41, 5.74) is 1.18. The average molecular weight is 457 g/mol. The SMILES string of the molecule is COc1ccc(CN2CCc3nnc(C(C)NC(=O)C4CCN(C)CC4)n3CC2)cc1OC. The highest BCUT2D eigenvalue weighted by molar-refractivity contribution is 5.79. The molecule has 1 amide bonds. The van der Waals surface area contributed by atoms with Gasteiger partial charge in [0.1, 0.15) is 5.82 Å². The Kier molecular flexibility index (Phi) is 7.49. The highest BCUT2D eigenvalue weighted by Gasteiger charge is 2.27. The number of nitrogens with zero attached hydrogens (tertiary/aromatic N) is 5. The average Bonchev–Trinajstić information content (AvgIpc) is 3.13. The zero-order valence-corrected chi connectivity index (χ0v) is 20.2. The number of likely N-dealkylation sites (tertiary alicyclic amines) is 1. The largest absolute Gasteiger partial charge is 0.493 e. The van der Waals surface area contributed by atoms with Gasteiger partial charge >= 0.3 is 0 Å². The van der Waals surface area contributed by atoms with Crippen molar-refractivity contribution in [2.45, 2.75) is 45.3 Å². The fourth-order valence-corrected chi connectivity index (χ4v) is 4.77. The summed E-state index contributed by atoms with van der Waals surface area (Å²) in [6.07, 6.45) is 2.66. The zero-order valence-electron chi connectivity index (χ0n) is 20.2. The molecule has 0 saturated carbocycles. The third-order valence-electron chi connectivity index (χ3n) is 6.84. The number of hydrogen-bond donors (Lipinski definition) is 1. The third kappa shape index (κ3) is 5.47. The Morgan fingerprint density at radius 1 is 1.09 bits per heavy atom. The molecule has 1 aromatic carbocycles. The molecular weight excluding hydrogens is 420 g/mol. The highest BCUT2D eigenvalue weighted by atomic mass is 16.5. The van der Waals surface area contributed by atoms with Crippen molar-refractivity contribution in [3.05, 3.63) is 35.4 Å². The van der Waals surface area contributed by atoms with Crippen molar-refractivity contribution >= 4 is 5.91 Å². The van der Waals surface area contributed by atoms with E-state index in [2.05, 4.69) is 43.0 Å². The van der Waals surface area contributed by atoms with E-state index in [1.807, 2.05) is 19.1 Å². The molecule has 9 heteroatoms. The highest BCUT2D eigenvalue weighted by Crippen LogP contribution is 2.28. The first kappa shape index (κ1) is 23.5. The summed E-state index contributed by atoms with van der Waals surface area (Å²) in [4.78, 5) is 17.5. The van der Waals surface area contributed by atoms with Gasteiger partial charge in [-0.05, 0) is 57.6 Å². The fraction of sp³-hybridized carbons (Fsp3) is 0.625. The maximum Gasteiger partial charge on any atom is 0.223 e. The van der Waals surface area contributed by atoms with Gasteiger partial charge in [0.2, 0.25) is 5.91 Å². The molecule has 2 aliphatic rings. The number of fused-ring (bicyclic) bond motifs is 1. The number of hydrogen-bond acceptors (Lipinski definition) is 7. The fourth-order valence-electron chi connectivity index (χ4n) is 4.77. The van der Waals surface area contributed by atoms with Crippen LogP contribution in [0.2, 0.25) is 0 Å². The Labute approximate surface area is 196 Å². The Bertz CT molecular complexity index is 954. The summed E-state index contributed by atoms with van der Waals surface area (Å²) in [6, 6.07) is 5.91. The molecule has 4 rings (SSSR count). The van der Waals surface area contributed by atoms with Gasteiger partial charge in [0, 0.05) is 38.5 Å². The lowest BCUT2D eigenvalue weighted by atomic mass is 9.96. The second kappa shape index (κ2) is 10.5. The van der Waals surface area contributed by atoms with Crippen molar-refractivity contribution in [3.8, 4) is 11.5 Å². The topological polar surface area (TPSA) is 84.7 Å². The predicted octanol–water partition coefficient (Wildman–Crippen LogP) is 1.87. The summed E-state index contributed by atoms with van der Waals surface area (Å²) in [6.45, 7) is 7.39. The molecule has 1 aromatic heterocycles. The minimum absolute atomic E-state index is 0.0900. The van der Waals surface area contributed by atoms with E-state index in [4.69, 9.17) is 9.47 Å². The predicted molar refractivity (Wildman–Crippen MR) is 125 cm³/mol. The molecule has 0 aliphatic carbocycles. The van der Waals surface area contributed by atoms with E-state index in [1.165, 1.54) is 5.56 Å². The molecule has 1 fully saturated rings. The van der Waals surface area contributed by atoms with Gasteiger partial charge < -0.3 is 24.3 Å². The summed E-state index contributed by atoms with van der Waals surface area (Å²) < 4.78 is 13.0. The van der Waals surface area contributed by atoms with Crippen LogP contribution >= 0.6 is 0 Å². The van der Waals surface area contributed by atoms with Gasteiger partial charge in [-0.25, -0.2) is 0 Å². The van der Waals surface area contributed by atoms with Gasteiger partial charge in [0.05, 0.1) is 20.3 Å². The van der Waals surface area contributed by atoms with Crippen molar-refractivity contribution in [3.63, 3.8) is 0 Å². The maximum absolute atomic E-state index is 12.8. The van der Waals surface area contributed by atoms with Crippen LogP contribution in [0.5, 0.6) is 11.5 Å². The van der Waals surface area contributed by atoms with E-state index in [1.54, 1.807) is 14.2 Å². The monoisotopic (exact) mass is 456 g/mol. The minimum atomic E-state index is -0.157. The van der Waals surface area contributed by atoms with Crippen LogP contribution in [-0.2, 0) is 24.3 Å². The molecule has 1 atom stereocenters. The van der Waals surface area contributed by atoms with Crippen molar-refractivity contribution < 1.29 is 14.3 Å². The van der Waals surface area contributed by atoms with Crippen LogP contribution in [0, 0.1) is 5.92 Å². The number of benzene rings is 1. The first-order valence-corrected chi connectivity index (χ1v) is 11.8. The summed E-state index contributed by atoms with van der Waals surface area (Å²) in [5, 5.41) is 12.1. The van der Waals surface area contributed by atoms with Crippen LogP contribution in [0.15, 0.2) is 18.2 Å². The van der Waals surface area contributed by atoms with Gasteiger partial charge in [-0.3, -0.25) is 9.69 Å². The summed E-state index contributed by atoms with van der Waals surface area (Å²) in [5.74, 6) is 3.55. The molecule has 1 unspecified atom stereocenters. The van der Waals surface area contributed by atoms with Crippen LogP contribution in [0.3, 0.4) is 0 Å². The number of methoxy groups -OCH3 is 2. The van der Waals surface area contributed by atoms with Gasteiger partial charge in [-0.2, -0.15) is 0 Å². The van der Waals surface area contributed by atoms with E-state index in [-0.39, 0.29) is 17.9 Å². The molecule has 0 bridgehead atoms. The van der Waals surface area contributed by atoms with E-state index in [0.29, 0.717) is 0 Å². The Balaban J connectivity index is 1.37. The molecule has 33 heavy (non-hydrogen) atoms. The Morgan fingerprint density at radius 2 is 1.85 bits per heavy atom. The molecule has 9 nitrogen and oxygen atoms in total. The second-order valence-corrected chi connectivity index (χ2v) is 9.15. The lowest BCUT2D eigenvalue weighted by Crippen LogP contribution is -2.40. The maximum atomic E-state index is 12.8. The number of nitrogens with one attached hydrogen (secondary N) is 1. The van der Waals surface area contributed by atoms with E-state index in [9.17, 15) is 4.79 Å². The Hall–Kier alpha value is -2.65. The van der Waals surface area contributed by atoms with Crippen LogP contribution in [0.25, 0.3) is 0 Å². The first-order valence-electron chi connectivity index (χ1n) is 11.8. The molecule has 2 aliphatic heterocycles. The van der Waals surface area contributed by atoms with Crippen LogP contribution in [0.1, 0.15) is 43.0 Å². The van der Waals surface area contributed by atoms with Gasteiger partial charge in [0.15, 0.2) is 17.3 Å². The standard InChI is InChI=1S/C24H36N6O3/c1-17(25-24(31)19-7-10-28(2)11-8-19)23-27-26-22-9-12-29(13-14-30(22)23)16-18-5-6-20(32-3)21(15-18)33-4/h5-6,15,17,19H,7-14,16H2,1-4H3,(H,25,31). The number of carbonyl (C=O) groups excluding carboxylic acids is 1. The van der Waals surface area contributed by atoms with Gasteiger partial charge in [-0.1, -0.05) is 6.07 Å². The molecule has 0 spiro atoms. The lowest BCUT2D eigenvalue weighted by molar-refractivity contribution is -0.127. The zero-order chi connectivity index (χ0) is 23.4. The van der Waals surface area contributed by atoms with Crippen LogP contribution in [0.4, 0.5) is 0 Å². The number of aromatic nitrogens is 3. The molecule has 3 heterocycles. The van der Waals surface area contributed by atoms with Crippen molar-refractivity contribution in [2.75, 3.05) is 47.4 Å². The molecule has 0 radical (unpaired) electrons. The van der Waals surface area contributed by atoms with E-state index >= 15 is 0 Å². The van der Waals surface area contributed by atoms with Crippen LogP contribution in [-0.4, -0.2) is 77.9 Å². The molecule has 1 N–H and O–H groups in total. The van der Waals surface area contributed by atoms with Crippen molar-refractivity contribution in [1.82, 2.24) is 29.9 Å². The molecule has 1 saturated heterocycles. The Morgan fingerprint density at radius 3 is 2.58 bits per heavy atom. The minimum Gasteiger partial charge on any atom is -0.493 e. The van der Waals surface area contributed by atoms with Gasteiger partial charge in [0.25, 0.3) is 0 Å². The summed E-state index contributed by atoms with van der Waals surface area (Å²) in [7, 11) is 5.42. The molecule has 180 valence electrons. The smallest absolute Gasteiger partial charge is 0.223 e. The number of amides is 1. The number of rotatable bonds is 7. The second-order valence-electron chi connectivity index (χ2n) is 9.15. The van der Waals surface area contributed by atoms with Crippen molar-refractivity contribution in [1.29, 1.82) is 0 Å². The van der Waals surface area contributed by atoms with Gasteiger partial charge in [-0.15, -0.1) is 10.2 Å². The third-order valence-corrected chi connectivity index (χ3v) is 6.84. The normalized spacial score (nSPS) is 18.9. The molecular formula is C24H36N6O3. The number of carbonyl (C=O) groups is 1. The lowest BCUT2D eigenvalue weighted by Gasteiger charge is -2.29. The quantitative estimate of drug-likeness (QED) is 0.681. The number of piperidine rings is 1. The summed E-state index contributed by atoms with van der Waals surface area (Å²) >= 11 is 0. The van der Waals surface area contributed by atoms with Crippen LogP contribution < -0.4 is 14.8 Å². The van der Waals surface area contributed by atoms with Crippen molar-refractivity contribution in [2.24, 2.45) is 5.92 Å². The van der Waals surface area contributed by atoms with E-state index < -0.39 is 0 Å². The molecule has 2 aromatic rings.